The van der Waals surface area contributed by atoms with Crippen LogP contribution in [0.2, 0.25) is 0 Å². The number of nitrogens with one attached hydrogen (secondary N) is 2. The first-order valence-electron chi connectivity index (χ1n) is 9.67. The van der Waals surface area contributed by atoms with E-state index in [-0.39, 0.29) is 0 Å². The average Bonchev–Trinajstić information content (AvgIpc) is 3.48. The number of likely N-dealkylation sites (tertiary alicyclic amines) is 1. The van der Waals surface area contributed by atoms with E-state index < -0.39 is 0 Å². The number of benzene rings is 1. The van der Waals surface area contributed by atoms with E-state index in [2.05, 4.69) is 55.9 Å². The van der Waals surface area contributed by atoms with E-state index in [0.29, 0.717) is 17.4 Å². The molecule has 0 saturated carbocycles. The van der Waals surface area contributed by atoms with Gasteiger partial charge in [0.25, 0.3) is 0 Å². The molecule has 1 fully saturated rings. The second-order valence-corrected chi connectivity index (χ2v) is 8.13. The highest BCUT2D eigenvalue weighted by Crippen LogP contribution is 2.35. The van der Waals surface area contributed by atoms with Crippen LogP contribution in [0.4, 0.5) is 10.9 Å². The van der Waals surface area contributed by atoms with Crippen LogP contribution in [0, 0.1) is 11.3 Å². The summed E-state index contributed by atoms with van der Waals surface area (Å²) in [6, 6.07) is 14.6. The number of pyridine rings is 1. The minimum atomic E-state index is 0.335. The third-order valence-electron chi connectivity index (χ3n) is 5.35. The van der Waals surface area contributed by atoms with Crippen LogP contribution in [-0.4, -0.2) is 26.4 Å². The van der Waals surface area contributed by atoms with Crippen molar-refractivity contribution >= 4 is 33.2 Å². The van der Waals surface area contributed by atoms with Crippen molar-refractivity contribution in [3.8, 4) is 6.07 Å². The van der Waals surface area contributed by atoms with Crippen LogP contribution in [0.3, 0.4) is 0 Å². The van der Waals surface area contributed by atoms with Crippen LogP contribution in [0.5, 0.6) is 0 Å². The van der Waals surface area contributed by atoms with E-state index in [1.54, 1.807) is 29.7 Å². The first-order valence-corrected chi connectivity index (χ1v) is 10.5. The van der Waals surface area contributed by atoms with Crippen molar-refractivity contribution in [3.05, 3.63) is 71.0 Å². The van der Waals surface area contributed by atoms with Gasteiger partial charge in [0, 0.05) is 29.8 Å². The smallest absolute Gasteiger partial charge is 0.188 e. The van der Waals surface area contributed by atoms with Crippen LogP contribution in [0.15, 0.2) is 54.2 Å². The predicted octanol–water partition coefficient (Wildman–Crippen LogP) is 4.97. The Morgan fingerprint density at radius 3 is 3.17 bits per heavy atom. The molecule has 1 unspecified atom stereocenters. The molecule has 1 atom stereocenters. The molecule has 1 aliphatic heterocycles. The SMILES string of the molecule is N#Cc1ccnc(Nc2nc(C3CCCN3Cc3ccc4[nH]ccc4c3)cs2)c1. The lowest BCUT2D eigenvalue weighted by molar-refractivity contribution is 0.245. The number of rotatable bonds is 5. The lowest BCUT2D eigenvalue weighted by atomic mass is 10.1. The summed E-state index contributed by atoms with van der Waals surface area (Å²) in [7, 11) is 0. The summed E-state index contributed by atoms with van der Waals surface area (Å²) in [4.78, 5) is 14.9. The van der Waals surface area contributed by atoms with Crippen molar-refractivity contribution < 1.29 is 0 Å². The highest BCUT2D eigenvalue weighted by molar-refractivity contribution is 7.13. The predicted molar refractivity (Wildman–Crippen MR) is 115 cm³/mol. The van der Waals surface area contributed by atoms with Crippen molar-refractivity contribution in [3.63, 3.8) is 0 Å². The minimum Gasteiger partial charge on any atom is -0.361 e. The highest BCUT2D eigenvalue weighted by Gasteiger charge is 2.28. The van der Waals surface area contributed by atoms with Gasteiger partial charge in [-0.1, -0.05) is 6.07 Å². The Bertz CT molecular complexity index is 1190. The summed E-state index contributed by atoms with van der Waals surface area (Å²) in [5.41, 5.74) is 4.20. The Morgan fingerprint density at radius 1 is 1.28 bits per heavy atom. The number of aromatic nitrogens is 3. The molecule has 0 aliphatic carbocycles. The zero-order valence-electron chi connectivity index (χ0n) is 15.8. The lowest BCUT2D eigenvalue weighted by Gasteiger charge is -2.23. The lowest BCUT2D eigenvalue weighted by Crippen LogP contribution is -2.23. The first kappa shape index (κ1) is 17.9. The fourth-order valence-corrected chi connectivity index (χ4v) is 4.72. The number of fused-ring (bicyclic) bond motifs is 1. The van der Waals surface area contributed by atoms with Crippen molar-refractivity contribution in [2.24, 2.45) is 0 Å². The number of H-pyrrole nitrogens is 1. The molecule has 3 aromatic heterocycles. The molecule has 1 saturated heterocycles. The van der Waals surface area contributed by atoms with Crippen LogP contribution >= 0.6 is 11.3 Å². The third kappa shape index (κ3) is 3.73. The molecule has 0 bridgehead atoms. The number of nitriles is 1. The molecule has 4 heterocycles. The zero-order chi connectivity index (χ0) is 19.6. The number of nitrogens with zero attached hydrogens (tertiary/aromatic N) is 4. The maximum Gasteiger partial charge on any atom is 0.188 e. The Balaban J connectivity index is 1.31. The van der Waals surface area contributed by atoms with Gasteiger partial charge >= 0.3 is 0 Å². The highest BCUT2D eigenvalue weighted by atomic mass is 32.1. The van der Waals surface area contributed by atoms with Gasteiger partial charge in [-0.15, -0.1) is 11.3 Å². The molecule has 5 rings (SSSR count). The van der Waals surface area contributed by atoms with Gasteiger partial charge in [-0.05, 0) is 60.7 Å². The molecule has 4 aromatic rings. The van der Waals surface area contributed by atoms with E-state index in [4.69, 9.17) is 10.2 Å². The van der Waals surface area contributed by atoms with Crippen molar-refractivity contribution in [1.29, 1.82) is 5.26 Å². The second-order valence-electron chi connectivity index (χ2n) is 7.27. The Hall–Kier alpha value is -3.21. The van der Waals surface area contributed by atoms with Gasteiger partial charge in [0.15, 0.2) is 5.13 Å². The van der Waals surface area contributed by atoms with Crippen LogP contribution in [0.1, 0.15) is 35.7 Å². The largest absolute Gasteiger partial charge is 0.361 e. The van der Waals surface area contributed by atoms with Gasteiger partial charge in [0.1, 0.15) is 5.82 Å². The standard InChI is InChI=1S/C22H20N6S/c23-12-15-5-7-25-21(11-15)27-22-26-19(14-29-22)20-2-1-9-28(20)13-16-3-4-18-17(10-16)6-8-24-18/h3-8,10-11,14,20,24H,1-2,9,13H2,(H,25,26,27). The monoisotopic (exact) mass is 400 g/mol. The number of anilines is 2. The Labute approximate surface area is 172 Å². The van der Waals surface area contributed by atoms with E-state index in [0.717, 1.165) is 30.3 Å². The first-order chi connectivity index (χ1) is 14.3. The molecule has 0 spiro atoms. The molecule has 1 aromatic carbocycles. The van der Waals surface area contributed by atoms with Gasteiger partial charge in [-0.25, -0.2) is 9.97 Å². The maximum absolute atomic E-state index is 9.05. The Kier molecular flexibility index (Phi) is 4.72. The molecule has 2 N–H and O–H groups in total. The second kappa shape index (κ2) is 7.66. The summed E-state index contributed by atoms with van der Waals surface area (Å²) >= 11 is 1.58. The van der Waals surface area contributed by atoms with E-state index in [1.807, 2.05) is 6.20 Å². The van der Waals surface area contributed by atoms with Gasteiger partial charge in [-0.3, -0.25) is 4.90 Å². The molecule has 144 valence electrons. The van der Waals surface area contributed by atoms with E-state index in [1.165, 1.54) is 22.9 Å². The summed E-state index contributed by atoms with van der Waals surface area (Å²) < 4.78 is 0. The zero-order valence-corrected chi connectivity index (χ0v) is 16.6. The quantitative estimate of drug-likeness (QED) is 0.494. The minimum absolute atomic E-state index is 0.335. The van der Waals surface area contributed by atoms with Crippen molar-refractivity contribution in [1.82, 2.24) is 19.9 Å². The summed E-state index contributed by atoms with van der Waals surface area (Å²) in [6.07, 6.45) is 5.92. The molecule has 0 radical (unpaired) electrons. The fourth-order valence-electron chi connectivity index (χ4n) is 3.96. The average molecular weight is 401 g/mol. The molecule has 7 heteroatoms. The van der Waals surface area contributed by atoms with Gasteiger partial charge in [-0.2, -0.15) is 5.26 Å². The number of aromatic amines is 1. The molecule has 6 nitrogen and oxygen atoms in total. The van der Waals surface area contributed by atoms with Crippen molar-refractivity contribution in [2.75, 3.05) is 11.9 Å². The third-order valence-corrected chi connectivity index (χ3v) is 6.13. The molecular formula is C22H20N6S. The summed E-state index contributed by atoms with van der Waals surface area (Å²) in [5, 5.41) is 16.5. The van der Waals surface area contributed by atoms with Gasteiger partial charge < -0.3 is 10.3 Å². The van der Waals surface area contributed by atoms with Crippen LogP contribution in [-0.2, 0) is 6.54 Å². The fraction of sp³-hybridized carbons (Fsp3) is 0.227. The van der Waals surface area contributed by atoms with Gasteiger partial charge in [0.2, 0.25) is 0 Å². The molecule has 1 aliphatic rings. The topological polar surface area (TPSA) is 80.6 Å². The number of hydrogen-bond donors (Lipinski definition) is 2. The van der Waals surface area contributed by atoms with E-state index >= 15 is 0 Å². The van der Waals surface area contributed by atoms with E-state index in [9.17, 15) is 0 Å². The molecule has 0 amide bonds. The number of hydrogen-bond acceptors (Lipinski definition) is 6. The Morgan fingerprint density at radius 2 is 2.24 bits per heavy atom. The van der Waals surface area contributed by atoms with Crippen LogP contribution in [0.25, 0.3) is 10.9 Å². The summed E-state index contributed by atoms with van der Waals surface area (Å²) in [5.74, 6) is 0.646. The van der Waals surface area contributed by atoms with Crippen molar-refractivity contribution in [2.45, 2.75) is 25.4 Å². The normalized spacial score (nSPS) is 16.9. The molecular weight excluding hydrogens is 380 g/mol. The number of thiazole rings is 1. The van der Waals surface area contributed by atoms with Gasteiger partial charge in [0.05, 0.1) is 23.4 Å². The van der Waals surface area contributed by atoms with Crippen LogP contribution < -0.4 is 5.32 Å². The summed E-state index contributed by atoms with van der Waals surface area (Å²) in [6.45, 7) is 2.01. The maximum atomic E-state index is 9.05. The molecule has 29 heavy (non-hydrogen) atoms.